The van der Waals surface area contributed by atoms with Crippen molar-refractivity contribution in [2.75, 3.05) is 6.61 Å². The first kappa shape index (κ1) is 14.3. The van der Waals surface area contributed by atoms with Crippen LogP contribution in [0, 0.1) is 5.92 Å². The van der Waals surface area contributed by atoms with Gasteiger partial charge < -0.3 is 10.4 Å². The summed E-state index contributed by atoms with van der Waals surface area (Å²) < 4.78 is 0. The topological polar surface area (TPSA) is 62.2 Å². The van der Waals surface area contributed by atoms with E-state index in [1.54, 1.807) is 12.3 Å². The summed E-state index contributed by atoms with van der Waals surface area (Å²) in [5, 5.41) is 12.8. The highest BCUT2D eigenvalue weighted by atomic mass is 35.5. The number of carbonyl (C=O) groups is 1. The minimum atomic E-state index is -0.183. The number of hydrogen-bond acceptors (Lipinski definition) is 3. The Morgan fingerprint density at radius 3 is 2.95 bits per heavy atom. The molecule has 19 heavy (non-hydrogen) atoms. The molecule has 0 radical (unpaired) electrons. The van der Waals surface area contributed by atoms with Gasteiger partial charge in [0.1, 0.15) is 0 Å². The van der Waals surface area contributed by atoms with Gasteiger partial charge in [0, 0.05) is 31.0 Å². The molecule has 104 valence electrons. The van der Waals surface area contributed by atoms with Crippen molar-refractivity contribution in [1.82, 2.24) is 10.3 Å². The number of aromatic nitrogens is 1. The summed E-state index contributed by atoms with van der Waals surface area (Å²) in [6.45, 7) is 0.120. The summed E-state index contributed by atoms with van der Waals surface area (Å²) in [6.07, 6.45) is 8.27. The van der Waals surface area contributed by atoms with Gasteiger partial charge in [-0.3, -0.25) is 9.78 Å². The SMILES string of the molecule is O=C(N[C@@H]1CCCCC[C@@H]1CO)c1ccncc1Cl. The van der Waals surface area contributed by atoms with Gasteiger partial charge in [-0.05, 0) is 18.9 Å². The van der Waals surface area contributed by atoms with Crippen molar-refractivity contribution in [2.45, 2.75) is 38.1 Å². The van der Waals surface area contributed by atoms with Gasteiger partial charge in [-0.15, -0.1) is 0 Å². The first-order chi connectivity index (χ1) is 9.22. The zero-order valence-electron chi connectivity index (χ0n) is 10.8. The quantitative estimate of drug-likeness (QED) is 0.837. The van der Waals surface area contributed by atoms with Gasteiger partial charge in [0.05, 0.1) is 10.6 Å². The van der Waals surface area contributed by atoms with Crippen LogP contribution in [0.15, 0.2) is 18.5 Å². The number of hydrogen-bond donors (Lipinski definition) is 2. The molecule has 1 aromatic heterocycles. The second-order valence-corrected chi connectivity index (χ2v) is 5.42. The zero-order chi connectivity index (χ0) is 13.7. The highest BCUT2D eigenvalue weighted by molar-refractivity contribution is 6.33. The molecule has 2 atom stereocenters. The van der Waals surface area contributed by atoms with E-state index in [4.69, 9.17) is 11.6 Å². The fraction of sp³-hybridized carbons (Fsp3) is 0.571. The van der Waals surface area contributed by atoms with Crippen molar-refractivity contribution in [3.8, 4) is 0 Å². The minimum Gasteiger partial charge on any atom is -0.396 e. The maximum absolute atomic E-state index is 12.2. The summed E-state index contributed by atoms with van der Waals surface area (Å²) >= 11 is 5.97. The maximum Gasteiger partial charge on any atom is 0.253 e. The van der Waals surface area contributed by atoms with E-state index in [0.717, 1.165) is 25.7 Å². The molecule has 2 rings (SSSR count). The van der Waals surface area contributed by atoms with Gasteiger partial charge in [0.15, 0.2) is 0 Å². The zero-order valence-corrected chi connectivity index (χ0v) is 11.6. The smallest absolute Gasteiger partial charge is 0.253 e. The second-order valence-electron chi connectivity index (χ2n) is 5.02. The summed E-state index contributed by atoms with van der Waals surface area (Å²) in [7, 11) is 0. The van der Waals surface area contributed by atoms with Crippen LogP contribution in [0.2, 0.25) is 5.02 Å². The van der Waals surface area contributed by atoms with E-state index in [1.165, 1.54) is 12.6 Å². The molecule has 1 saturated carbocycles. The number of carbonyl (C=O) groups excluding carboxylic acids is 1. The fourth-order valence-electron chi connectivity index (χ4n) is 2.60. The normalized spacial score (nSPS) is 23.7. The Labute approximate surface area is 118 Å². The molecule has 1 fully saturated rings. The number of nitrogens with one attached hydrogen (secondary N) is 1. The van der Waals surface area contributed by atoms with Gasteiger partial charge in [0.2, 0.25) is 0 Å². The summed E-state index contributed by atoms with van der Waals surface area (Å²) in [6, 6.07) is 1.65. The average Bonchev–Trinajstić information content (AvgIpc) is 2.64. The van der Waals surface area contributed by atoms with Crippen LogP contribution in [-0.4, -0.2) is 28.6 Å². The predicted molar refractivity (Wildman–Crippen MR) is 74.2 cm³/mol. The van der Waals surface area contributed by atoms with E-state index in [2.05, 4.69) is 10.3 Å². The van der Waals surface area contributed by atoms with Crippen LogP contribution in [0.25, 0.3) is 0 Å². The van der Waals surface area contributed by atoms with Crippen LogP contribution in [0.3, 0.4) is 0 Å². The van der Waals surface area contributed by atoms with Crippen molar-refractivity contribution >= 4 is 17.5 Å². The molecule has 1 aliphatic rings. The molecule has 0 bridgehead atoms. The monoisotopic (exact) mass is 282 g/mol. The molecule has 0 aliphatic heterocycles. The van der Waals surface area contributed by atoms with Gasteiger partial charge >= 0.3 is 0 Å². The lowest BCUT2D eigenvalue weighted by atomic mass is 9.95. The molecule has 2 N–H and O–H groups in total. The Bertz CT molecular complexity index is 439. The lowest BCUT2D eigenvalue weighted by molar-refractivity contribution is 0.0899. The average molecular weight is 283 g/mol. The fourth-order valence-corrected chi connectivity index (χ4v) is 2.80. The Morgan fingerprint density at radius 2 is 2.21 bits per heavy atom. The number of aliphatic hydroxyl groups is 1. The number of nitrogens with zero attached hydrogens (tertiary/aromatic N) is 1. The molecule has 5 heteroatoms. The first-order valence-corrected chi connectivity index (χ1v) is 7.11. The Morgan fingerprint density at radius 1 is 1.42 bits per heavy atom. The molecular weight excluding hydrogens is 264 g/mol. The Kier molecular flexibility index (Phi) is 5.16. The van der Waals surface area contributed by atoms with Gasteiger partial charge in [-0.25, -0.2) is 0 Å². The van der Waals surface area contributed by atoms with E-state index >= 15 is 0 Å². The van der Waals surface area contributed by atoms with Gasteiger partial charge in [-0.1, -0.05) is 30.9 Å². The molecular formula is C14H19ClN2O2. The van der Waals surface area contributed by atoms with E-state index in [9.17, 15) is 9.90 Å². The maximum atomic E-state index is 12.2. The number of aliphatic hydroxyl groups excluding tert-OH is 1. The van der Waals surface area contributed by atoms with Gasteiger partial charge in [-0.2, -0.15) is 0 Å². The molecule has 1 amide bonds. The standard InChI is InChI=1S/C14H19ClN2O2/c15-12-8-16-7-6-11(12)14(19)17-13-5-3-1-2-4-10(13)9-18/h6-8,10,13,18H,1-5,9H2,(H,17,19)/t10-,13-/m1/s1. The van der Waals surface area contributed by atoms with Crippen molar-refractivity contribution in [3.05, 3.63) is 29.0 Å². The third kappa shape index (κ3) is 3.67. The predicted octanol–water partition coefficient (Wildman–Crippen LogP) is 2.41. The second kappa shape index (κ2) is 6.87. The van der Waals surface area contributed by atoms with E-state index in [1.807, 2.05) is 0 Å². The highest BCUT2D eigenvalue weighted by Crippen LogP contribution is 2.24. The van der Waals surface area contributed by atoms with E-state index in [0.29, 0.717) is 10.6 Å². The lowest BCUT2D eigenvalue weighted by Gasteiger charge is -2.24. The number of pyridine rings is 1. The van der Waals surface area contributed by atoms with Crippen LogP contribution >= 0.6 is 11.6 Å². The molecule has 0 saturated heterocycles. The molecule has 0 unspecified atom stereocenters. The highest BCUT2D eigenvalue weighted by Gasteiger charge is 2.25. The molecule has 0 aromatic carbocycles. The van der Waals surface area contributed by atoms with Crippen LogP contribution < -0.4 is 5.32 Å². The number of halogens is 1. The van der Waals surface area contributed by atoms with Crippen LogP contribution in [-0.2, 0) is 0 Å². The first-order valence-electron chi connectivity index (χ1n) is 6.73. The van der Waals surface area contributed by atoms with Crippen molar-refractivity contribution in [1.29, 1.82) is 0 Å². The van der Waals surface area contributed by atoms with Crippen LogP contribution in [0.5, 0.6) is 0 Å². The summed E-state index contributed by atoms with van der Waals surface area (Å²) in [5.74, 6) is -0.0372. The Hall–Kier alpha value is -1.13. The van der Waals surface area contributed by atoms with Crippen molar-refractivity contribution < 1.29 is 9.90 Å². The third-order valence-corrected chi connectivity index (χ3v) is 4.03. The molecule has 1 aromatic rings. The lowest BCUT2D eigenvalue weighted by Crippen LogP contribution is -2.41. The van der Waals surface area contributed by atoms with E-state index < -0.39 is 0 Å². The summed E-state index contributed by atoms with van der Waals surface area (Å²) in [4.78, 5) is 16.1. The number of amides is 1. The third-order valence-electron chi connectivity index (χ3n) is 3.73. The number of rotatable bonds is 3. The summed E-state index contributed by atoms with van der Waals surface area (Å²) in [5.41, 5.74) is 0.442. The Balaban J connectivity index is 2.06. The molecule has 4 nitrogen and oxygen atoms in total. The van der Waals surface area contributed by atoms with Gasteiger partial charge in [0.25, 0.3) is 5.91 Å². The van der Waals surface area contributed by atoms with E-state index in [-0.39, 0.29) is 24.5 Å². The minimum absolute atomic E-state index is 0.0317. The molecule has 1 heterocycles. The van der Waals surface area contributed by atoms with Crippen LogP contribution in [0.1, 0.15) is 42.5 Å². The largest absolute Gasteiger partial charge is 0.396 e. The van der Waals surface area contributed by atoms with Crippen molar-refractivity contribution in [3.63, 3.8) is 0 Å². The van der Waals surface area contributed by atoms with Crippen LogP contribution in [0.4, 0.5) is 0 Å². The van der Waals surface area contributed by atoms with Crippen molar-refractivity contribution in [2.24, 2.45) is 5.92 Å². The molecule has 1 aliphatic carbocycles. The molecule has 0 spiro atoms.